The Kier molecular flexibility index (Phi) is 5.59. The second kappa shape index (κ2) is 7.04. The lowest BCUT2D eigenvalue weighted by atomic mass is 9.93. The summed E-state index contributed by atoms with van der Waals surface area (Å²) in [5.41, 5.74) is 0. The summed E-state index contributed by atoms with van der Waals surface area (Å²) in [6.45, 7) is 4.32. The summed E-state index contributed by atoms with van der Waals surface area (Å²) < 4.78 is 29.8. The van der Waals surface area contributed by atoms with Gasteiger partial charge in [-0.25, -0.2) is 9.86 Å². The summed E-state index contributed by atoms with van der Waals surface area (Å²) in [7, 11) is -3.66. The van der Waals surface area contributed by atoms with Crippen LogP contribution in [0.2, 0.25) is 0 Å². The first-order valence-electron chi connectivity index (χ1n) is 7.58. The highest BCUT2D eigenvalue weighted by molar-refractivity contribution is 7.87. The summed E-state index contributed by atoms with van der Waals surface area (Å²) >= 11 is 0. The Morgan fingerprint density at radius 1 is 1.43 bits per heavy atom. The van der Waals surface area contributed by atoms with Crippen molar-refractivity contribution in [3.8, 4) is 0 Å². The number of rotatable bonds is 5. The van der Waals surface area contributed by atoms with E-state index in [0.29, 0.717) is 19.7 Å². The van der Waals surface area contributed by atoms with Crippen molar-refractivity contribution in [2.75, 3.05) is 26.2 Å². The van der Waals surface area contributed by atoms with Gasteiger partial charge in [0.05, 0.1) is 12.0 Å². The molecule has 0 aromatic heterocycles. The molecule has 2 saturated heterocycles. The van der Waals surface area contributed by atoms with Crippen LogP contribution in [0.3, 0.4) is 0 Å². The van der Waals surface area contributed by atoms with Crippen molar-refractivity contribution >= 4 is 16.1 Å². The van der Waals surface area contributed by atoms with Gasteiger partial charge in [-0.1, -0.05) is 6.92 Å². The molecule has 3 N–H and O–H groups in total. The van der Waals surface area contributed by atoms with E-state index in [0.717, 1.165) is 32.2 Å². The third-order valence-corrected chi connectivity index (χ3v) is 4.90. The zero-order valence-electron chi connectivity index (χ0n) is 12.5. The molecule has 7 nitrogen and oxygen atoms in total. The summed E-state index contributed by atoms with van der Waals surface area (Å²) in [6, 6.07) is 0. The van der Waals surface area contributed by atoms with Crippen molar-refractivity contribution in [3.63, 3.8) is 0 Å². The first kappa shape index (κ1) is 16.7. The smallest absolute Gasteiger partial charge is 0.274 e. The Morgan fingerprint density at radius 3 is 2.86 bits per heavy atom. The lowest BCUT2D eigenvalue weighted by molar-refractivity contribution is -0.139. The molecule has 1 amide bonds. The van der Waals surface area contributed by atoms with Crippen molar-refractivity contribution in [2.45, 2.75) is 38.7 Å². The van der Waals surface area contributed by atoms with Gasteiger partial charge in [0.2, 0.25) is 5.91 Å². The average molecular weight is 319 g/mol. The number of nitrogens with zero attached hydrogens (tertiary/aromatic N) is 1. The zero-order valence-corrected chi connectivity index (χ0v) is 13.3. The molecule has 2 fully saturated rings. The molecule has 0 aromatic carbocycles. The number of likely N-dealkylation sites (tertiary alicyclic amines) is 1. The van der Waals surface area contributed by atoms with Crippen LogP contribution >= 0.6 is 0 Å². The maximum Gasteiger partial charge on any atom is 0.274 e. The second-order valence-electron chi connectivity index (χ2n) is 5.90. The third-order valence-electron chi connectivity index (χ3n) is 4.33. The third kappa shape index (κ3) is 4.64. The minimum absolute atomic E-state index is 0.0282. The molecule has 0 bridgehead atoms. The van der Waals surface area contributed by atoms with Crippen molar-refractivity contribution < 1.29 is 17.9 Å². The van der Waals surface area contributed by atoms with E-state index in [4.69, 9.17) is 9.88 Å². The van der Waals surface area contributed by atoms with Gasteiger partial charge in [-0.05, 0) is 31.6 Å². The van der Waals surface area contributed by atoms with Gasteiger partial charge in [0.1, 0.15) is 0 Å². The van der Waals surface area contributed by atoms with Crippen molar-refractivity contribution in [2.24, 2.45) is 17.0 Å². The van der Waals surface area contributed by atoms with Crippen LogP contribution in [-0.2, 0) is 19.7 Å². The maximum atomic E-state index is 12.6. The molecule has 2 aliphatic rings. The normalized spacial score (nSPS) is 30.6. The molecule has 21 heavy (non-hydrogen) atoms. The van der Waals surface area contributed by atoms with Gasteiger partial charge in [-0.15, -0.1) is 0 Å². The zero-order chi connectivity index (χ0) is 15.5. The fourth-order valence-electron chi connectivity index (χ4n) is 3.23. The highest BCUT2D eigenvalue weighted by Gasteiger charge is 2.36. The summed E-state index contributed by atoms with van der Waals surface area (Å²) in [5, 5.41) is 4.95. The average Bonchev–Trinajstić information content (AvgIpc) is 2.92. The van der Waals surface area contributed by atoms with Crippen LogP contribution in [0.4, 0.5) is 0 Å². The first-order chi connectivity index (χ1) is 9.90. The molecule has 2 heterocycles. The van der Waals surface area contributed by atoms with Crippen molar-refractivity contribution in [1.29, 1.82) is 0 Å². The molecule has 3 unspecified atom stereocenters. The molecule has 0 aliphatic carbocycles. The number of nitrogens with one attached hydrogen (secondary N) is 1. The Hall–Kier alpha value is -0.700. The molecular formula is C13H25N3O4S. The number of ether oxygens (including phenoxy) is 1. The van der Waals surface area contributed by atoms with Crippen molar-refractivity contribution in [3.05, 3.63) is 0 Å². The van der Waals surface area contributed by atoms with Crippen molar-refractivity contribution in [1.82, 2.24) is 9.62 Å². The summed E-state index contributed by atoms with van der Waals surface area (Å²) in [5.74, 6) is 0.239. The first-order valence-corrected chi connectivity index (χ1v) is 9.13. The van der Waals surface area contributed by atoms with E-state index in [9.17, 15) is 13.2 Å². The Labute approximate surface area is 126 Å². The van der Waals surface area contributed by atoms with Crippen LogP contribution < -0.4 is 9.86 Å². The van der Waals surface area contributed by atoms with Gasteiger partial charge in [0.15, 0.2) is 0 Å². The van der Waals surface area contributed by atoms with E-state index < -0.39 is 10.2 Å². The number of hydrogen-bond acceptors (Lipinski definition) is 4. The predicted octanol–water partition coefficient (Wildman–Crippen LogP) is -0.167. The maximum absolute atomic E-state index is 12.6. The molecule has 8 heteroatoms. The largest absolute Gasteiger partial charge is 0.377 e. The van der Waals surface area contributed by atoms with Crippen LogP contribution in [0.5, 0.6) is 0 Å². The number of piperidine rings is 1. The minimum Gasteiger partial charge on any atom is -0.377 e. The molecule has 122 valence electrons. The van der Waals surface area contributed by atoms with Crippen LogP contribution in [0.15, 0.2) is 0 Å². The topological polar surface area (TPSA) is 102 Å². The lowest BCUT2D eigenvalue weighted by Gasteiger charge is -2.35. The molecule has 2 rings (SSSR count). The fourth-order valence-corrected chi connectivity index (χ4v) is 3.70. The highest BCUT2D eigenvalue weighted by Crippen LogP contribution is 2.27. The quantitative estimate of drug-likeness (QED) is 0.734. The number of nitrogens with two attached hydrogens (primary N) is 1. The van der Waals surface area contributed by atoms with Crippen LogP contribution in [0.25, 0.3) is 0 Å². The SMILES string of the molecule is CCC1OCCC1C(=O)N1CCCC(CNS(N)(=O)=O)C1. The Balaban J connectivity index is 1.89. The number of hydrogen-bond donors (Lipinski definition) is 2. The molecule has 0 spiro atoms. The van der Waals surface area contributed by atoms with E-state index in [1.165, 1.54) is 0 Å². The van der Waals surface area contributed by atoms with Crippen LogP contribution in [-0.4, -0.2) is 51.6 Å². The van der Waals surface area contributed by atoms with Gasteiger partial charge < -0.3 is 9.64 Å². The number of carbonyl (C=O) groups excluding carboxylic acids is 1. The predicted molar refractivity (Wildman–Crippen MR) is 78.6 cm³/mol. The van der Waals surface area contributed by atoms with Gasteiger partial charge >= 0.3 is 0 Å². The second-order valence-corrected chi connectivity index (χ2v) is 7.28. The van der Waals surface area contributed by atoms with Gasteiger partial charge in [-0.2, -0.15) is 8.42 Å². The van der Waals surface area contributed by atoms with Crippen LogP contribution in [0.1, 0.15) is 32.6 Å². The lowest BCUT2D eigenvalue weighted by Crippen LogP contribution is -2.47. The van der Waals surface area contributed by atoms with Gasteiger partial charge in [0.25, 0.3) is 10.2 Å². The molecule has 0 radical (unpaired) electrons. The Morgan fingerprint density at radius 2 is 2.19 bits per heavy atom. The summed E-state index contributed by atoms with van der Waals surface area (Å²) in [6.07, 6.45) is 3.47. The van der Waals surface area contributed by atoms with E-state index >= 15 is 0 Å². The van der Waals surface area contributed by atoms with E-state index in [-0.39, 0.29) is 23.8 Å². The molecule has 3 atom stereocenters. The number of carbonyl (C=O) groups is 1. The standard InChI is InChI=1S/C13H25N3O4S/c1-2-12-11(5-7-20-12)13(17)16-6-3-4-10(9-16)8-15-21(14,18)19/h10-12,15H,2-9H2,1H3,(H2,14,18,19). The van der Waals surface area contributed by atoms with Gasteiger partial charge in [0, 0.05) is 26.2 Å². The van der Waals surface area contributed by atoms with E-state index in [1.54, 1.807) is 0 Å². The van der Waals surface area contributed by atoms with E-state index in [1.807, 2.05) is 11.8 Å². The molecular weight excluding hydrogens is 294 g/mol. The van der Waals surface area contributed by atoms with E-state index in [2.05, 4.69) is 4.72 Å². The molecule has 2 aliphatic heterocycles. The van der Waals surface area contributed by atoms with Crippen LogP contribution in [0, 0.1) is 11.8 Å². The highest BCUT2D eigenvalue weighted by atomic mass is 32.2. The monoisotopic (exact) mass is 319 g/mol. The summed E-state index contributed by atoms with van der Waals surface area (Å²) in [4.78, 5) is 14.5. The number of amides is 1. The molecule has 0 aromatic rings. The minimum atomic E-state index is -3.66. The Bertz CT molecular complexity index is 468. The molecule has 0 saturated carbocycles. The fraction of sp³-hybridized carbons (Fsp3) is 0.923. The van der Waals surface area contributed by atoms with Gasteiger partial charge in [-0.3, -0.25) is 4.79 Å².